The molecule has 1 amide bonds. The highest BCUT2D eigenvalue weighted by Gasteiger charge is 2.25. The van der Waals surface area contributed by atoms with Crippen LogP contribution in [0.15, 0.2) is 47.5 Å². The minimum atomic E-state index is -0.490. The van der Waals surface area contributed by atoms with Gasteiger partial charge in [0.1, 0.15) is 16.9 Å². The number of nitrogens with one attached hydrogen (secondary N) is 3. The first-order chi connectivity index (χ1) is 16.6. The number of fused-ring (bicyclic) bond motifs is 2. The number of rotatable bonds is 5. The molecule has 5 aromatic rings. The zero-order chi connectivity index (χ0) is 23.2. The molecule has 3 aromatic heterocycles. The predicted molar refractivity (Wildman–Crippen MR) is 128 cm³/mol. The van der Waals surface area contributed by atoms with Gasteiger partial charge in [-0.3, -0.25) is 14.3 Å². The Morgan fingerprint density at radius 3 is 2.88 bits per heavy atom. The number of aliphatic hydroxyl groups excluding tert-OH is 1. The first-order valence-corrected chi connectivity index (χ1v) is 11.5. The monoisotopic (exact) mass is 476 g/mol. The number of likely N-dealkylation sites (tertiary alicyclic amines) is 1. The van der Waals surface area contributed by atoms with E-state index in [2.05, 4.69) is 29.0 Å². The van der Waals surface area contributed by atoms with E-state index < -0.39 is 6.10 Å². The molecule has 2 aromatic carbocycles. The zero-order valence-electron chi connectivity index (χ0n) is 17.9. The molecule has 6 rings (SSSR count). The second-order valence-corrected chi connectivity index (χ2v) is 8.73. The van der Waals surface area contributed by atoms with Gasteiger partial charge in [0.15, 0.2) is 0 Å². The molecule has 34 heavy (non-hydrogen) atoms. The molecular formula is C22H20N8O3S. The summed E-state index contributed by atoms with van der Waals surface area (Å²) in [6.45, 7) is 0.826. The number of β-amino-alcohol motifs (C(OH)–C–C–N with tert-alkyl or cyclic N) is 1. The Balaban J connectivity index is 1.43. The molecule has 1 aliphatic rings. The van der Waals surface area contributed by atoms with Gasteiger partial charge in [0.2, 0.25) is 5.91 Å². The third-order valence-electron chi connectivity index (χ3n) is 6.02. The molecule has 1 saturated heterocycles. The van der Waals surface area contributed by atoms with Gasteiger partial charge in [0, 0.05) is 18.7 Å². The van der Waals surface area contributed by atoms with Crippen LogP contribution in [0, 0.1) is 0 Å². The van der Waals surface area contributed by atoms with Crippen molar-refractivity contribution in [1.82, 2.24) is 33.2 Å². The molecule has 12 heteroatoms. The fraction of sp³-hybridized carbons (Fsp3) is 0.227. The zero-order valence-corrected chi connectivity index (χ0v) is 18.7. The number of imidazole rings is 2. The number of hydrogen-bond donors (Lipinski definition) is 4. The van der Waals surface area contributed by atoms with E-state index in [1.165, 1.54) is 0 Å². The van der Waals surface area contributed by atoms with Gasteiger partial charge in [0.25, 0.3) is 0 Å². The maximum absolute atomic E-state index is 13.2. The Labute approximate surface area is 196 Å². The minimum Gasteiger partial charge on any atom is -0.391 e. The number of aliphatic hydroxyl groups is 1. The number of carbonyl (C=O) groups is 1. The lowest BCUT2D eigenvalue weighted by atomic mass is 10.1. The Morgan fingerprint density at radius 2 is 2.03 bits per heavy atom. The van der Waals surface area contributed by atoms with Crippen LogP contribution in [0.25, 0.3) is 39.0 Å². The third kappa shape index (κ3) is 3.53. The summed E-state index contributed by atoms with van der Waals surface area (Å²) >= 11 is 1.12. The molecule has 4 N–H and O–H groups in total. The topological polar surface area (TPSA) is 145 Å². The first-order valence-electron chi connectivity index (χ1n) is 10.8. The van der Waals surface area contributed by atoms with E-state index in [-0.39, 0.29) is 18.1 Å². The molecule has 1 aliphatic heterocycles. The van der Waals surface area contributed by atoms with Crippen LogP contribution >= 0.6 is 11.7 Å². The first kappa shape index (κ1) is 20.6. The minimum absolute atomic E-state index is 0.0141. The van der Waals surface area contributed by atoms with Crippen molar-refractivity contribution in [1.29, 1.82) is 0 Å². The Morgan fingerprint density at radius 1 is 1.18 bits per heavy atom. The number of amides is 1. The Kier molecular flexibility index (Phi) is 4.89. The van der Waals surface area contributed by atoms with Gasteiger partial charge in [-0.25, -0.2) is 9.78 Å². The Bertz CT molecular complexity index is 1580. The lowest BCUT2D eigenvalue weighted by molar-refractivity contribution is -0.128. The molecule has 1 fully saturated rings. The van der Waals surface area contributed by atoms with Crippen LogP contribution in [0.3, 0.4) is 0 Å². The van der Waals surface area contributed by atoms with E-state index >= 15 is 0 Å². The molecule has 0 radical (unpaired) electrons. The number of aromatic nitrogens is 6. The number of H-pyrrole nitrogens is 2. The van der Waals surface area contributed by atoms with Crippen molar-refractivity contribution in [3.63, 3.8) is 0 Å². The van der Waals surface area contributed by atoms with E-state index in [9.17, 15) is 14.7 Å². The normalized spacial score (nSPS) is 16.0. The summed E-state index contributed by atoms with van der Waals surface area (Å²) in [7, 11) is 0. The lowest BCUT2D eigenvalue weighted by Gasteiger charge is -2.16. The van der Waals surface area contributed by atoms with Crippen molar-refractivity contribution in [3.05, 3.63) is 53.2 Å². The van der Waals surface area contributed by atoms with Gasteiger partial charge < -0.3 is 20.3 Å². The standard InChI is InChI=1S/C22H20N8O3S/c31-14-5-6-29(10-14)19(32)9-23-21-20(12-1-3-16-18(7-12)28-34-27-16)30(22(33)26-21)13-2-4-15-17(8-13)25-11-24-15/h1-4,7-8,11,14,23,31H,5-6,9-10H2,(H,24,25)(H,26,33). The molecule has 0 bridgehead atoms. The van der Waals surface area contributed by atoms with Gasteiger partial charge in [-0.15, -0.1) is 0 Å². The number of anilines is 1. The number of benzene rings is 2. The van der Waals surface area contributed by atoms with E-state index in [4.69, 9.17) is 0 Å². The molecule has 11 nitrogen and oxygen atoms in total. The molecule has 0 spiro atoms. The van der Waals surface area contributed by atoms with E-state index in [0.717, 1.165) is 39.4 Å². The molecule has 4 heterocycles. The average Bonchev–Trinajstić information content (AvgIpc) is 3.62. The van der Waals surface area contributed by atoms with Gasteiger partial charge in [0.05, 0.1) is 53.1 Å². The smallest absolute Gasteiger partial charge is 0.332 e. The average molecular weight is 477 g/mol. The fourth-order valence-corrected chi connectivity index (χ4v) is 4.84. The van der Waals surface area contributed by atoms with Crippen LogP contribution in [0.2, 0.25) is 0 Å². The summed E-state index contributed by atoms with van der Waals surface area (Å²) in [6, 6.07) is 11.1. The van der Waals surface area contributed by atoms with Gasteiger partial charge in [-0.1, -0.05) is 6.07 Å². The molecule has 1 atom stereocenters. The maximum Gasteiger partial charge on any atom is 0.332 e. The Hall–Kier alpha value is -4.03. The van der Waals surface area contributed by atoms with Crippen molar-refractivity contribution >= 4 is 45.5 Å². The highest BCUT2D eigenvalue weighted by Crippen LogP contribution is 2.31. The van der Waals surface area contributed by atoms with Crippen LogP contribution in [0.1, 0.15) is 6.42 Å². The molecule has 0 aliphatic carbocycles. The second kappa shape index (κ2) is 8.08. The molecular weight excluding hydrogens is 456 g/mol. The summed E-state index contributed by atoms with van der Waals surface area (Å²) in [5, 5.41) is 12.8. The quantitative estimate of drug-likeness (QED) is 0.302. The van der Waals surface area contributed by atoms with Gasteiger partial charge >= 0.3 is 5.69 Å². The van der Waals surface area contributed by atoms with Crippen molar-refractivity contribution in [3.8, 4) is 16.9 Å². The summed E-state index contributed by atoms with van der Waals surface area (Å²) in [6.07, 6.45) is 1.69. The number of hydrogen-bond acceptors (Lipinski definition) is 8. The van der Waals surface area contributed by atoms with Crippen LogP contribution in [-0.4, -0.2) is 69.9 Å². The summed E-state index contributed by atoms with van der Waals surface area (Å²) in [5.74, 6) is 0.277. The second-order valence-electron chi connectivity index (χ2n) is 8.20. The number of nitrogens with zero attached hydrogens (tertiary/aromatic N) is 5. The van der Waals surface area contributed by atoms with Crippen molar-refractivity contribution in [2.75, 3.05) is 25.0 Å². The molecule has 1 unspecified atom stereocenters. The van der Waals surface area contributed by atoms with Crippen LogP contribution in [-0.2, 0) is 4.79 Å². The van der Waals surface area contributed by atoms with Crippen molar-refractivity contribution in [2.45, 2.75) is 12.5 Å². The van der Waals surface area contributed by atoms with Gasteiger partial charge in [-0.2, -0.15) is 8.75 Å². The fourth-order valence-electron chi connectivity index (χ4n) is 4.32. The molecule has 172 valence electrons. The highest BCUT2D eigenvalue weighted by molar-refractivity contribution is 7.00. The predicted octanol–water partition coefficient (Wildman–Crippen LogP) is 1.72. The summed E-state index contributed by atoms with van der Waals surface area (Å²) in [5.41, 5.74) is 4.70. The van der Waals surface area contributed by atoms with E-state index in [1.807, 2.05) is 36.4 Å². The molecule has 0 saturated carbocycles. The number of carbonyl (C=O) groups excluding carboxylic acids is 1. The number of aromatic amines is 2. The maximum atomic E-state index is 13.2. The third-order valence-corrected chi connectivity index (χ3v) is 6.57. The highest BCUT2D eigenvalue weighted by atomic mass is 32.1. The van der Waals surface area contributed by atoms with Crippen molar-refractivity contribution < 1.29 is 9.90 Å². The summed E-state index contributed by atoms with van der Waals surface area (Å²) in [4.78, 5) is 37.6. The lowest BCUT2D eigenvalue weighted by Crippen LogP contribution is -2.34. The summed E-state index contributed by atoms with van der Waals surface area (Å²) < 4.78 is 10.1. The van der Waals surface area contributed by atoms with Crippen molar-refractivity contribution in [2.24, 2.45) is 0 Å². The largest absolute Gasteiger partial charge is 0.391 e. The van der Waals surface area contributed by atoms with Gasteiger partial charge in [-0.05, 0) is 36.8 Å². The van der Waals surface area contributed by atoms with Crippen LogP contribution in [0.4, 0.5) is 5.82 Å². The SMILES string of the molecule is O=C(CNc1[nH]c(=O)n(-c2ccc3nc[nH]c3c2)c1-c1ccc2nsnc2c1)N1CCC(O)C1. The van der Waals surface area contributed by atoms with E-state index in [1.54, 1.807) is 15.8 Å². The van der Waals surface area contributed by atoms with Crippen LogP contribution in [0.5, 0.6) is 0 Å². The van der Waals surface area contributed by atoms with E-state index in [0.29, 0.717) is 36.7 Å². The van der Waals surface area contributed by atoms with Crippen LogP contribution < -0.4 is 11.0 Å².